The molecule has 5 nitrogen and oxygen atoms in total. The summed E-state index contributed by atoms with van der Waals surface area (Å²) in [5.41, 5.74) is 5.77. The number of carbonyl (C=O) groups is 1. The topological polar surface area (TPSA) is 62.7 Å². The van der Waals surface area contributed by atoms with E-state index in [0.717, 1.165) is 0 Å². The SMILES string of the molecule is Cl.Cl.NCc1cc(C(=O)N2CCN(CC(F)(F)F)CC2)co1. The molecule has 10 heteroatoms. The molecule has 22 heavy (non-hydrogen) atoms. The summed E-state index contributed by atoms with van der Waals surface area (Å²) < 4.78 is 41.8. The van der Waals surface area contributed by atoms with Crippen LogP contribution in [0.1, 0.15) is 16.1 Å². The average Bonchev–Trinajstić information content (AvgIpc) is 2.85. The highest BCUT2D eigenvalue weighted by Gasteiger charge is 2.33. The second kappa shape index (κ2) is 8.61. The third-order valence-electron chi connectivity index (χ3n) is 3.16. The number of furan rings is 1. The van der Waals surface area contributed by atoms with E-state index < -0.39 is 12.7 Å². The van der Waals surface area contributed by atoms with Crippen LogP contribution >= 0.6 is 24.8 Å². The van der Waals surface area contributed by atoms with Crippen LogP contribution in [-0.4, -0.2) is 54.6 Å². The number of alkyl halides is 3. The summed E-state index contributed by atoms with van der Waals surface area (Å²) >= 11 is 0. The molecular weight excluding hydrogens is 346 g/mol. The number of halogens is 5. The van der Waals surface area contributed by atoms with E-state index in [1.165, 1.54) is 16.1 Å². The van der Waals surface area contributed by atoms with Crippen LogP contribution in [0.4, 0.5) is 13.2 Å². The Morgan fingerprint density at radius 1 is 1.23 bits per heavy atom. The second-order valence-corrected chi connectivity index (χ2v) is 4.69. The van der Waals surface area contributed by atoms with Crippen molar-refractivity contribution in [2.45, 2.75) is 12.7 Å². The van der Waals surface area contributed by atoms with Gasteiger partial charge in [0.15, 0.2) is 0 Å². The molecule has 1 aromatic heterocycles. The number of hydrogen-bond donors (Lipinski definition) is 1. The monoisotopic (exact) mass is 363 g/mol. The standard InChI is InChI=1S/C12H16F3N3O2.2ClH/c13-12(14,15)8-17-1-3-18(4-2-17)11(19)9-5-10(6-16)20-7-9;;/h5,7H,1-4,6,8,16H2;2*1H. The van der Waals surface area contributed by atoms with Gasteiger partial charge in [0, 0.05) is 26.2 Å². The van der Waals surface area contributed by atoms with Gasteiger partial charge < -0.3 is 15.1 Å². The highest BCUT2D eigenvalue weighted by atomic mass is 35.5. The van der Waals surface area contributed by atoms with Crippen molar-refractivity contribution in [2.24, 2.45) is 5.73 Å². The van der Waals surface area contributed by atoms with Gasteiger partial charge in [-0.2, -0.15) is 13.2 Å². The number of carbonyl (C=O) groups excluding carboxylic acids is 1. The van der Waals surface area contributed by atoms with Gasteiger partial charge in [-0.05, 0) is 6.07 Å². The Bertz CT molecular complexity index is 474. The van der Waals surface area contributed by atoms with Crippen molar-refractivity contribution in [2.75, 3.05) is 32.7 Å². The van der Waals surface area contributed by atoms with Crippen molar-refractivity contribution >= 4 is 30.7 Å². The van der Waals surface area contributed by atoms with Gasteiger partial charge in [-0.3, -0.25) is 9.69 Å². The number of hydrogen-bond acceptors (Lipinski definition) is 4. The molecule has 0 radical (unpaired) electrons. The molecule has 0 unspecified atom stereocenters. The minimum absolute atomic E-state index is 0. The molecule has 1 saturated heterocycles. The van der Waals surface area contributed by atoms with Gasteiger partial charge in [0.05, 0.1) is 18.7 Å². The van der Waals surface area contributed by atoms with Crippen LogP contribution < -0.4 is 5.73 Å². The predicted octanol–water partition coefficient (Wildman–Crippen LogP) is 1.90. The first-order valence-corrected chi connectivity index (χ1v) is 6.25. The van der Waals surface area contributed by atoms with E-state index in [1.807, 2.05) is 0 Å². The zero-order valence-electron chi connectivity index (χ0n) is 11.6. The molecule has 0 aromatic carbocycles. The first kappa shape index (κ1) is 21.0. The summed E-state index contributed by atoms with van der Waals surface area (Å²) in [4.78, 5) is 14.9. The van der Waals surface area contributed by atoms with Gasteiger partial charge in [0.25, 0.3) is 5.91 Å². The molecule has 2 rings (SSSR count). The van der Waals surface area contributed by atoms with Gasteiger partial charge in [0.1, 0.15) is 12.0 Å². The molecule has 1 amide bonds. The summed E-state index contributed by atoms with van der Waals surface area (Å²) in [5, 5.41) is 0. The normalized spacial score (nSPS) is 15.9. The van der Waals surface area contributed by atoms with E-state index in [-0.39, 0.29) is 63.4 Å². The van der Waals surface area contributed by atoms with Gasteiger partial charge in [-0.15, -0.1) is 24.8 Å². The Balaban J connectivity index is 0.00000220. The first-order chi connectivity index (χ1) is 9.39. The third kappa shape index (κ3) is 5.68. The molecule has 0 bridgehead atoms. The number of piperazine rings is 1. The van der Waals surface area contributed by atoms with Crippen molar-refractivity contribution in [3.63, 3.8) is 0 Å². The summed E-state index contributed by atoms with van der Waals surface area (Å²) in [6.07, 6.45) is -2.88. The van der Waals surface area contributed by atoms with Crippen molar-refractivity contribution < 1.29 is 22.4 Å². The second-order valence-electron chi connectivity index (χ2n) is 4.69. The average molecular weight is 364 g/mol. The minimum Gasteiger partial charge on any atom is -0.467 e. The van der Waals surface area contributed by atoms with E-state index in [9.17, 15) is 18.0 Å². The fraction of sp³-hybridized carbons (Fsp3) is 0.583. The van der Waals surface area contributed by atoms with Crippen LogP contribution in [0, 0.1) is 0 Å². The lowest BCUT2D eigenvalue weighted by Crippen LogP contribution is -2.50. The van der Waals surface area contributed by atoms with E-state index in [1.54, 1.807) is 6.07 Å². The summed E-state index contributed by atoms with van der Waals surface area (Å²) in [7, 11) is 0. The van der Waals surface area contributed by atoms with E-state index in [0.29, 0.717) is 11.3 Å². The number of nitrogens with two attached hydrogens (primary N) is 1. The number of amides is 1. The molecule has 1 aliphatic rings. The summed E-state index contributed by atoms with van der Waals surface area (Å²) in [6.45, 7) is 0.250. The Kier molecular flexibility index (Phi) is 8.24. The third-order valence-corrected chi connectivity index (χ3v) is 3.16. The van der Waals surface area contributed by atoms with Crippen LogP contribution in [0.25, 0.3) is 0 Å². The van der Waals surface area contributed by atoms with Crippen LogP contribution in [0.5, 0.6) is 0 Å². The molecule has 2 heterocycles. The maximum Gasteiger partial charge on any atom is 0.401 e. The van der Waals surface area contributed by atoms with Gasteiger partial charge in [-0.25, -0.2) is 0 Å². The molecule has 0 atom stereocenters. The predicted molar refractivity (Wildman–Crippen MR) is 79.5 cm³/mol. The molecule has 128 valence electrons. The van der Waals surface area contributed by atoms with Crippen molar-refractivity contribution in [1.82, 2.24) is 9.80 Å². The molecule has 0 aliphatic carbocycles. The van der Waals surface area contributed by atoms with Crippen LogP contribution in [0.2, 0.25) is 0 Å². The Hall–Kier alpha value is -0.960. The summed E-state index contributed by atoms with van der Waals surface area (Å²) in [6, 6.07) is 1.56. The van der Waals surface area contributed by atoms with Gasteiger partial charge in [0.2, 0.25) is 0 Å². The van der Waals surface area contributed by atoms with E-state index >= 15 is 0 Å². The Labute approximate surface area is 138 Å². The molecule has 1 aromatic rings. The van der Waals surface area contributed by atoms with Crippen molar-refractivity contribution in [3.8, 4) is 0 Å². The largest absolute Gasteiger partial charge is 0.467 e. The Morgan fingerprint density at radius 3 is 2.27 bits per heavy atom. The maximum absolute atomic E-state index is 12.3. The lowest BCUT2D eigenvalue weighted by molar-refractivity contribution is -0.148. The molecule has 2 N–H and O–H groups in total. The van der Waals surface area contributed by atoms with E-state index in [4.69, 9.17) is 10.2 Å². The number of rotatable bonds is 3. The summed E-state index contributed by atoms with van der Waals surface area (Å²) in [5.74, 6) is 0.268. The van der Waals surface area contributed by atoms with Crippen molar-refractivity contribution in [1.29, 1.82) is 0 Å². The molecule has 1 fully saturated rings. The smallest absolute Gasteiger partial charge is 0.401 e. The van der Waals surface area contributed by atoms with Crippen LogP contribution in [0.15, 0.2) is 16.7 Å². The van der Waals surface area contributed by atoms with E-state index in [2.05, 4.69) is 0 Å². The van der Waals surface area contributed by atoms with Crippen LogP contribution in [0.3, 0.4) is 0 Å². The fourth-order valence-corrected chi connectivity index (χ4v) is 2.15. The first-order valence-electron chi connectivity index (χ1n) is 6.25. The quantitative estimate of drug-likeness (QED) is 0.890. The minimum atomic E-state index is -4.20. The molecular formula is C12H18Cl2F3N3O2. The zero-order valence-corrected chi connectivity index (χ0v) is 13.3. The lowest BCUT2D eigenvalue weighted by Gasteiger charge is -2.34. The molecule has 0 saturated carbocycles. The fourth-order valence-electron chi connectivity index (χ4n) is 2.15. The number of nitrogens with zero attached hydrogens (tertiary/aromatic N) is 2. The molecule has 0 spiro atoms. The lowest BCUT2D eigenvalue weighted by atomic mass is 10.2. The maximum atomic E-state index is 12.3. The van der Waals surface area contributed by atoms with Crippen molar-refractivity contribution in [3.05, 3.63) is 23.7 Å². The van der Waals surface area contributed by atoms with Gasteiger partial charge >= 0.3 is 6.18 Å². The highest BCUT2D eigenvalue weighted by molar-refractivity contribution is 5.94. The Morgan fingerprint density at radius 2 is 1.82 bits per heavy atom. The van der Waals surface area contributed by atoms with Crippen LogP contribution in [-0.2, 0) is 6.54 Å². The highest BCUT2D eigenvalue weighted by Crippen LogP contribution is 2.18. The molecule has 1 aliphatic heterocycles. The van der Waals surface area contributed by atoms with Gasteiger partial charge in [-0.1, -0.05) is 0 Å². The zero-order chi connectivity index (χ0) is 14.8.